The van der Waals surface area contributed by atoms with Gasteiger partial charge in [-0.1, -0.05) is 12.1 Å². The summed E-state index contributed by atoms with van der Waals surface area (Å²) in [7, 11) is 5.56. The number of anilines is 4. The van der Waals surface area contributed by atoms with E-state index in [0.29, 0.717) is 34.8 Å². The first kappa shape index (κ1) is 31.9. The average molecular weight is 721 g/mol. The molecule has 42 heavy (non-hydrogen) atoms. The van der Waals surface area contributed by atoms with E-state index in [1.807, 2.05) is 24.5 Å². The SMILES string of the molecule is CN1CC(c2ccc(Nc3cc(Br)cn(C)c3=O)nc2)C1.Cl.Cn1cc(Br)cc(Nc2ccc(C3CNC3)cn2)c1=O. The number of aryl methyl sites for hydroxylation is 2. The van der Waals surface area contributed by atoms with E-state index in [9.17, 15) is 9.59 Å². The molecule has 0 aromatic carbocycles. The van der Waals surface area contributed by atoms with Gasteiger partial charge in [0, 0.05) is 85.8 Å². The molecule has 2 fully saturated rings. The van der Waals surface area contributed by atoms with Crippen molar-refractivity contribution in [2.45, 2.75) is 11.8 Å². The van der Waals surface area contributed by atoms with Crippen LogP contribution < -0.4 is 27.1 Å². The summed E-state index contributed by atoms with van der Waals surface area (Å²) < 4.78 is 4.76. The van der Waals surface area contributed by atoms with Crippen LogP contribution in [-0.4, -0.2) is 57.2 Å². The molecule has 6 rings (SSSR count). The molecule has 2 aliphatic rings. The van der Waals surface area contributed by atoms with Gasteiger partial charge >= 0.3 is 0 Å². The first-order valence-corrected chi connectivity index (χ1v) is 14.8. The fourth-order valence-electron chi connectivity index (χ4n) is 4.67. The molecule has 0 saturated carbocycles. The summed E-state index contributed by atoms with van der Waals surface area (Å²) in [6, 6.07) is 11.5. The van der Waals surface area contributed by atoms with Crippen LogP contribution in [0.5, 0.6) is 0 Å². The minimum Gasteiger partial charge on any atom is -0.336 e. The van der Waals surface area contributed by atoms with Gasteiger partial charge in [-0.3, -0.25) is 9.59 Å². The van der Waals surface area contributed by atoms with Gasteiger partial charge in [0.2, 0.25) is 0 Å². The summed E-state index contributed by atoms with van der Waals surface area (Å²) in [4.78, 5) is 35.1. The molecule has 2 saturated heterocycles. The largest absolute Gasteiger partial charge is 0.336 e. The third-order valence-corrected chi connectivity index (χ3v) is 8.05. The Morgan fingerprint density at radius 3 is 1.57 bits per heavy atom. The van der Waals surface area contributed by atoms with Gasteiger partial charge in [0.1, 0.15) is 23.0 Å². The minimum absolute atomic E-state index is 0. The van der Waals surface area contributed by atoms with Gasteiger partial charge < -0.3 is 30.0 Å². The summed E-state index contributed by atoms with van der Waals surface area (Å²) in [5.74, 6) is 2.50. The lowest BCUT2D eigenvalue weighted by molar-refractivity contribution is 0.189. The van der Waals surface area contributed by atoms with E-state index in [1.54, 1.807) is 38.6 Å². The van der Waals surface area contributed by atoms with Crippen molar-refractivity contribution in [2.75, 3.05) is 43.9 Å². The Hall–Kier alpha value is -3.03. The van der Waals surface area contributed by atoms with E-state index in [4.69, 9.17) is 0 Å². The molecular formula is C29H33Br2ClN8O2. The lowest BCUT2D eigenvalue weighted by atomic mass is 9.93. The van der Waals surface area contributed by atoms with Crippen LogP contribution in [0.15, 0.2) is 79.7 Å². The molecule has 4 aromatic heterocycles. The van der Waals surface area contributed by atoms with E-state index < -0.39 is 0 Å². The molecule has 2 aliphatic heterocycles. The summed E-state index contributed by atoms with van der Waals surface area (Å²) in [5, 5.41) is 9.39. The Labute approximate surface area is 267 Å². The fraction of sp³-hybridized carbons (Fsp3) is 0.310. The smallest absolute Gasteiger partial charge is 0.274 e. The maximum Gasteiger partial charge on any atom is 0.274 e. The third kappa shape index (κ3) is 7.67. The number of aromatic nitrogens is 4. The molecule has 0 radical (unpaired) electrons. The van der Waals surface area contributed by atoms with Gasteiger partial charge in [-0.05, 0) is 74.3 Å². The van der Waals surface area contributed by atoms with Crippen LogP contribution in [-0.2, 0) is 14.1 Å². The number of halogens is 3. The van der Waals surface area contributed by atoms with Crippen molar-refractivity contribution in [1.29, 1.82) is 0 Å². The van der Waals surface area contributed by atoms with Crippen molar-refractivity contribution in [3.05, 3.63) is 102 Å². The van der Waals surface area contributed by atoms with Gasteiger partial charge in [-0.15, -0.1) is 12.4 Å². The van der Waals surface area contributed by atoms with Crippen LogP contribution in [0.4, 0.5) is 23.0 Å². The molecule has 222 valence electrons. The Bertz CT molecular complexity index is 1630. The Morgan fingerprint density at radius 1 is 0.762 bits per heavy atom. The molecule has 13 heteroatoms. The first-order chi connectivity index (χ1) is 19.7. The maximum absolute atomic E-state index is 12.0. The molecule has 0 bridgehead atoms. The van der Waals surface area contributed by atoms with Gasteiger partial charge in [0.05, 0.1) is 0 Å². The van der Waals surface area contributed by atoms with Gasteiger partial charge in [0.25, 0.3) is 11.1 Å². The molecule has 0 aliphatic carbocycles. The normalized spacial score (nSPS) is 15.0. The number of rotatable bonds is 6. The zero-order valence-electron chi connectivity index (χ0n) is 23.5. The summed E-state index contributed by atoms with van der Waals surface area (Å²) >= 11 is 6.77. The van der Waals surface area contributed by atoms with E-state index >= 15 is 0 Å². The summed E-state index contributed by atoms with van der Waals surface area (Å²) in [6.07, 6.45) is 7.23. The van der Waals surface area contributed by atoms with Crippen LogP contribution in [0.3, 0.4) is 0 Å². The van der Waals surface area contributed by atoms with Gasteiger partial charge in [-0.25, -0.2) is 9.97 Å². The molecule has 6 heterocycles. The average Bonchev–Trinajstić information content (AvgIpc) is 2.89. The number of hydrogen-bond donors (Lipinski definition) is 3. The Morgan fingerprint density at radius 2 is 1.21 bits per heavy atom. The lowest BCUT2D eigenvalue weighted by Crippen LogP contribution is -2.41. The van der Waals surface area contributed by atoms with Crippen molar-refractivity contribution < 1.29 is 0 Å². The molecule has 3 N–H and O–H groups in total. The number of nitrogens with one attached hydrogen (secondary N) is 3. The number of pyridine rings is 4. The third-order valence-electron chi connectivity index (χ3n) is 7.19. The predicted molar refractivity (Wildman–Crippen MR) is 177 cm³/mol. The van der Waals surface area contributed by atoms with Crippen LogP contribution in [0.2, 0.25) is 0 Å². The van der Waals surface area contributed by atoms with Crippen molar-refractivity contribution in [2.24, 2.45) is 14.1 Å². The van der Waals surface area contributed by atoms with Crippen molar-refractivity contribution in [3.63, 3.8) is 0 Å². The summed E-state index contributed by atoms with van der Waals surface area (Å²) in [5.41, 5.74) is 3.34. The molecule has 0 atom stereocenters. The van der Waals surface area contributed by atoms with E-state index in [2.05, 4.69) is 81.9 Å². The second-order valence-electron chi connectivity index (χ2n) is 10.5. The monoisotopic (exact) mass is 718 g/mol. The van der Waals surface area contributed by atoms with Crippen LogP contribution >= 0.6 is 44.3 Å². The van der Waals surface area contributed by atoms with Crippen LogP contribution in [0.1, 0.15) is 23.0 Å². The van der Waals surface area contributed by atoms with E-state index in [1.165, 1.54) is 20.3 Å². The van der Waals surface area contributed by atoms with E-state index in [-0.39, 0.29) is 23.5 Å². The second kappa shape index (κ2) is 14.0. The van der Waals surface area contributed by atoms with Gasteiger partial charge in [-0.2, -0.15) is 0 Å². The lowest BCUT2D eigenvalue weighted by Gasteiger charge is -2.36. The van der Waals surface area contributed by atoms with Gasteiger partial charge in [0.15, 0.2) is 0 Å². The zero-order chi connectivity index (χ0) is 29.1. The molecule has 0 spiro atoms. The number of hydrogen-bond acceptors (Lipinski definition) is 8. The standard InChI is InChI=1S/C15H17BrN4O.C14H15BrN4O.ClH/c1-19-7-11(8-19)10-3-4-14(17-6-10)18-13-5-12(16)9-20(2)15(13)21;1-19-8-11(15)4-12(14(19)20)18-13-3-2-9(7-17-13)10-5-16-6-10;/h3-6,9,11H,7-8H2,1-2H3,(H,17,18);2-4,7-8,10,16H,5-6H2,1H3,(H,17,18);1H. The highest BCUT2D eigenvalue weighted by molar-refractivity contribution is 9.10. The van der Waals surface area contributed by atoms with Crippen molar-refractivity contribution in [1.82, 2.24) is 29.3 Å². The van der Waals surface area contributed by atoms with Crippen molar-refractivity contribution in [3.8, 4) is 0 Å². The number of likely N-dealkylation sites (tertiary alicyclic amines) is 1. The molecule has 0 amide bonds. The molecule has 4 aromatic rings. The van der Waals surface area contributed by atoms with Crippen LogP contribution in [0.25, 0.3) is 0 Å². The Balaban J connectivity index is 0.000000189. The fourth-order valence-corrected chi connectivity index (χ4v) is 5.74. The quantitative estimate of drug-likeness (QED) is 0.263. The second-order valence-corrected chi connectivity index (χ2v) is 12.3. The number of likely N-dealkylation sites (N-methyl/N-ethyl adjacent to an activating group) is 1. The molecular weight excluding hydrogens is 688 g/mol. The first-order valence-electron chi connectivity index (χ1n) is 13.2. The molecule has 10 nitrogen and oxygen atoms in total. The van der Waals surface area contributed by atoms with E-state index in [0.717, 1.165) is 35.1 Å². The van der Waals surface area contributed by atoms with Crippen molar-refractivity contribution >= 4 is 67.3 Å². The summed E-state index contributed by atoms with van der Waals surface area (Å²) in [6.45, 7) is 4.20. The molecule has 0 unspecified atom stereocenters. The highest BCUT2D eigenvalue weighted by atomic mass is 79.9. The van der Waals surface area contributed by atoms with Crippen LogP contribution in [0, 0.1) is 0 Å². The maximum atomic E-state index is 12.0. The Kier molecular flexibility index (Phi) is 10.6. The predicted octanol–water partition coefficient (Wildman–Crippen LogP) is 4.71. The highest BCUT2D eigenvalue weighted by Crippen LogP contribution is 2.26. The highest BCUT2D eigenvalue weighted by Gasteiger charge is 2.24. The minimum atomic E-state index is -0.0812. The number of nitrogens with zero attached hydrogens (tertiary/aromatic N) is 5. The zero-order valence-corrected chi connectivity index (χ0v) is 27.5. The topological polar surface area (TPSA) is 109 Å².